The van der Waals surface area contributed by atoms with Crippen LogP contribution in [0.25, 0.3) is 0 Å². The zero-order chi connectivity index (χ0) is 12.6. The molecule has 0 spiro atoms. The fourth-order valence-corrected chi connectivity index (χ4v) is 1.15. The van der Waals surface area contributed by atoms with Gasteiger partial charge < -0.3 is 17.7 Å². The van der Waals surface area contributed by atoms with Gasteiger partial charge in [-0.2, -0.15) is 13.2 Å². The minimum absolute atomic E-state index is 0. The smallest absolute Gasteiger partial charge is 0.496 e. The minimum Gasteiger partial charge on any atom is -0.496 e. The topological polar surface area (TPSA) is 9.23 Å². The van der Waals surface area contributed by atoms with Crippen molar-refractivity contribution in [3.8, 4) is 5.75 Å². The summed E-state index contributed by atoms with van der Waals surface area (Å²) in [6.45, 7) is -5.33. The van der Waals surface area contributed by atoms with Crippen molar-refractivity contribution in [2.45, 2.75) is 6.18 Å². The van der Waals surface area contributed by atoms with Crippen LogP contribution in [0.1, 0.15) is 5.56 Å². The molecule has 0 aliphatic rings. The number of hydrogen-bond acceptors (Lipinski definition) is 1. The molecule has 0 saturated heterocycles. The van der Waals surface area contributed by atoms with E-state index in [4.69, 9.17) is 0 Å². The van der Waals surface area contributed by atoms with Crippen molar-refractivity contribution in [2.75, 3.05) is 7.11 Å². The predicted molar refractivity (Wildman–Crippen MR) is 46.7 cm³/mol. The summed E-state index contributed by atoms with van der Waals surface area (Å²) in [7, 11) is 0.887. The summed E-state index contributed by atoms with van der Waals surface area (Å²) >= 11 is 0. The van der Waals surface area contributed by atoms with Crippen molar-refractivity contribution in [3.05, 3.63) is 23.8 Å². The maximum absolute atomic E-state index is 12.3. The molecule has 0 heterocycles. The van der Waals surface area contributed by atoms with Gasteiger partial charge in [0.05, 0.1) is 12.7 Å². The Kier molecular flexibility index (Phi) is 6.07. The SMILES string of the molecule is COc1cc([B-](F)(F)F)ccc1C(F)(F)F.[K+]. The molecule has 1 rings (SSSR count). The minimum atomic E-state index is -5.33. The van der Waals surface area contributed by atoms with Crippen LogP contribution < -0.4 is 61.6 Å². The Morgan fingerprint density at radius 3 is 2.00 bits per heavy atom. The van der Waals surface area contributed by atoms with Crippen molar-refractivity contribution in [3.63, 3.8) is 0 Å². The van der Waals surface area contributed by atoms with Crippen LogP contribution in [-0.4, -0.2) is 14.1 Å². The Labute approximate surface area is 136 Å². The van der Waals surface area contributed by atoms with E-state index < -0.39 is 29.9 Å². The standard InChI is InChI=1S/C8H6BF6O.K/c1-16-7-4-5(9(13,14)15)2-3-6(7)8(10,11)12;/h2-4H,1H3;/q-1;+1. The van der Waals surface area contributed by atoms with E-state index in [1.807, 2.05) is 0 Å². The normalized spacial score (nSPS) is 11.9. The number of ether oxygens (including phenoxy) is 1. The molecule has 0 radical (unpaired) electrons. The van der Waals surface area contributed by atoms with E-state index in [2.05, 4.69) is 4.74 Å². The monoisotopic (exact) mass is 282 g/mol. The molecule has 17 heavy (non-hydrogen) atoms. The molecule has 0 unspecified atom stereocenters. The summed E-state index contributed by atoms with van der Waals surface area (Å²) in [6.07, 6.45) is -4.73. The molecule has 0 N–H and O–H groups in total. The van der Waals surface area contributed by atoms with Gasteiger partial charge in [0.2, 0.25) is 0 Å². The fourth-order valence-electron chi connectivity index (χ4n) is 1.15. The van der Waals surface area contributed by atoms with Gasteiger partial charge in [-0.25, -0.2) is 0 Å². The largest absolute Gasteiger partial charge is 1.00 e. The van der Waals surface area contributed by atoms with Gasteiger partial charge in [-0.1, -0.05) is 6.07 Å². The van der Waals surface area contributed by atoms with E-state index in [1.165, 1.54) is 0 Å². The van der Waals surface area contributed by atoms with E-state index in [0.29, 0.717) is 18.2 Å². The van der Waals surface area contributed by atoms with Crippen molar-refractivity contribution < 1.29 is 82.2 Å². The third-order valence-corrected chi connectivity index (χ3v) is 1.91. The molecule has 0 atom stereocenters. The quantitative estimate of drug-likeness (QED) is 0.538. The summed E-state index contributed by atoms with van der Waals surface area (Å²) < 4.78 is 78.0. The maximum Gasteiger partial charge on any atom is 1.00 e. The molecule has 0 aromatic heterocycles. The molecule has 0 bridgehead atoms. The molecule has 0 fully saturated rings. The van der Waals surface area contributed by atoms with Crippen LogP contribution in [0.3, 0.4) is 0 Å². The molecule has 1 aromatic carbocycles. The maximum atomic E-state index is 12.3. The summed E-state index contributed by atoms with van der Waals surface area (Å²) in [5, 5.41) is 0. The first-order valence-electron chi connectivity index (χ1n) is 4.11. The summed E-state index contributed by atoms with van der Waals surface area (Å²) in [6, 6.07) is 1.11. The van der Waals surface area contributed by atoms with Crippen LogP contribution in [0.4, 0.5) is 26.1 Å². The van der Waals surface area contributed by atoms with Crippen LogP contribution >= 0.6 is 0 Å². The average molecular weight is 282 g/mol. The van der Waals surface area contributed by atoms with Gasteiger partial charge in [-0.05, 0) is 12.1 Å². The van der Waals surface area contributed by atoms with E-state index in [1.54, 1.807) is 0 Å². The number of alkyl halides is 3. The molecule has 0 aliphatic heterocycles. The van der Waals surface area contributed by atoms with Gasteiger partial charge in [0.1, 0.15) is 5.75 Å². The molecule has 0 amide bonds. The summed E-state index contributed by atoms with van der Waals surface area (Å²) in [5.41, 5.74) is -2.34. The van der Waals surface area contributed by atoms with Crippen LogP contribution in [-0.2, 0) is 6.18 Å². The van der Waals surface area contributed by atoms with Crippen molar-refractivity contribution in [2.24, 2.45) is 0 Å². The first kappa shape index (κ1) is 17.3. The second-order valence-electron chi connectivity index (χ2n) is 3.03. The number of halogens is 6. The average Bonchev–Trinajstić information content (AvgIpc) is 2.14. The Bertz CT molecular complexity index is 389. The molecule has 1 nitrogen and oxygen atoms in total. The zero-order valence-corrected chi connectivity index (χ0v) is 12.1. The summed E-state index contributed by atoms with van der Waals surface area (Å²) in [5.74, 6) is -0.829. The first-order chi connectivity index (χ1) is 7.16. The van der Waals surface area contributed by atoms with E-state index >= 15 is 0 Å². The first-order valence-corrected chi connectivity index (χ1v) is 4.11. The van der Waals surface area contributed by atoms with Crippen molar-refractivity contribution in [1.82, 2.24) is 0 Å². The molecular formula is C8H6BF6KO. The molecule has 90 valence electrons. The zero-order valence-electron chi connectivity index (χ0n) is 8.99. The number of rotatable bonds is 2. The van der Waals surface area contributed by atoms with Gasteiger partial charge in [0, 0.05) is 0 Å². The van der Waals surface area contributed by atoms with Gasteiger partial charge in [-0.3, -0.25) is 0 Å². The van der Waals surface area contributed by atoms with Crippen molar-refractivity contribution in [1.29, 1.82) is 0 Å². The molecule has 0 saturated carbocycles. The second kappa shape index (κ2) is 5.96. The van der Waals surface area contributed by atoms with Crippen LogP contribution in [0, 0.1) is 0 Å². The van der Waals surface area contributed by atoms with E-state index in [9.17, 15) is 26.1 Å². The van der Waals surface area contributed by atoms with Crippen LogP contribution in [0.15, 0.2) is 18.2 Å². The fraction of sp³-hybridized carbons (Fsp3) is 0.250. The number of hydrogen-bond donors (Lipinski definition) is 0. The van der Waals surface area contributed by atoms with Crippen molar-refractivity contribution >= 4 is 12.4 Å². The molecule has 0 aliphatic carbocycles. The number of methoxy groups -OCH3 is 1. The van der Waals surface area contributed by atoms with E-state index in [-0.39, 0.29) is 51.4 Å². The van der Waals surface area contributed by atoms with Crippen LogP contribution in [0.5, 0.6) is 5.75 Å². The van der Waals surface area contributed by atoms with E-state index in [0.717, 1.165) is 7.11 Å². The van der Waals surface area contributed by atoms with Gasteiger partial charge in [0.15, 0.2) is 0 Å². The van der Waals surface area contributed by atoms with Gasteiger partial charge in [-0.15, -0.1) is 5.46 Å². The van der Waals surface area contributed by atoms with Gasteiger partial charge >= 0.3 is 64.5 Å². The summed E-state index contributed by atoms with van der Waals surface area (Å²) in [4.78, 5) is 0. The molecule has 9 heteroatoms. The second-order valence-corrected chi connectivity index (χ2v) is 3.03. The molecular weight excluding hydrogens is 276 g/mol. The Morgan fingerprint density at radius 1 is 1.12 bits per heavy atom. The Hall–Kier alpha value is 0.301. The molecule has 1 aromatic rings. The Morgan fingerprint density at radius 2 is 1.65 bits per heavy atom. The van der Waals surface area contributed by atoms with Crippen LogP contribution in [0.2, 0.25) is 0 Å². The number of benzene rings is 1. The Balaban J connectivity index is 0.00000256. The van der Waals surface area contributed by atoms with Gasteiger partial charge in [0.25, 0.3) is 0 Å². The predicted octanol–water partition coefficient (Wildman–Crippen LogP) is -0.228. The third kappa shape index (κ3) is 4.47. The third-order valence-electron chi connectivity index (χ3n) is 1.91.